The van der Waals surface area contributed by atoms with Crippen LogP contribution in [0.5, 0.6) is 0 Å². The summed E-state index contributed by atoms with van der Waals surface area (Å²) in [5.41, 5.74) is 4.09. The van der Waals surface area contributed by atoms with Gasteiger partial charge in [0.05, 0.1) is 0 Å². The third-order valence-corrected chi connectivity index (χ3v) is 3.37. The molecule has 0 saturated carbocycles. The van der Waals surface area contributed by atoms with E-state index in [0.29, 0.717) is 0 Å². The zero-order valence-corrected chi connectivity index (χ0v) is 15.7. The molecule has 3 N–H and O–H groups in total. The van der Waals surface area contributed by atoms with E-state index in [2.05, 4.69) is 9.72 Å². The minimum atomic E-state index is -4.58. The summed E-state index contributed by atoms with van der Waals surface area (Å²) in [6, 6.07) is 0. The Morgan fingerprint density at radius 2 is 1.81 bits per heavy atom. The molecule has 0 spiro atoms. The molecule has 1 aromatic rings. The summed E-state index contributed by atoms with van der Waals surface area (Å²) in [5, 5.41) is 0. The van der Waals surface area contributed by atoms with Gasteiger partial charge in [-0.15, -0.1) is 0 Å². The molecule has 1 aromatic heterocycles. The minimum Gasteiger partial charge on any atom is -0.383 e. The normalized spacial score (nSPS) is 12.0. The van der Waals surface area contributed by atoms with Gasteiger partial charge in [0.25, 0.3) is 11.5 Å². The Balaban J connectivity index is 3.29. The van der Waals surface area contributed by atoms with Gasteiger partial charge < -0.3 is 15.4 Å². The zero-order valence-electron chi connectivity index (χ0n) is 15.7. The molecule has 8 nitrogen and oxygen atoms in total. The van der Waals surface area contributed by atoms with Crippen molar-refractivity contribution >= 4 is 17.4 Å². The third-order valence-electron chi connectivity index (χ3n) is 3.37. The maximum absolute atomic E-state index is 12.4. The molecule has 0 fully saturated rings. The molecule has 27 heavy (non-hydrogen) atoms. The van der Waals surface area contributed by atoms with E-state index in [1.807, 2.05) is 13.8 Å². The van der Waals surface area contributed by atoms with Crippen LogP contribution in [-0.4, -0.2) is 41.4 Å². The molecule has 0 radical (unpaired) electrons. The molecule has 0 atom stereocenters. The van der Waals surface area contributed by atoms with Gasteiger partial charge in [0.15, 0.2) is 5.69 Å². The molecular formula is C16H25F3N4O4. The van der Waals surface area contributed by atoms with E-state index in [9.17, 15) is 27.6 Å². The van der Waals surface area contributed by atoms with E-state index in [1.165, 1.54) is 0 Å². The summed E-state index contributed by atoms with van der Waals surface area (Å²) in [4.78, 5) is 39.8. The van der Waals surface area contributed by atoms with Crippen molar-refractivity contribution in [3.05, 3.63) is 20.8 Å². The first kappa shape index (κ1) is 22.7. The minimum absolute atomic E-state index is 0.0153. The highest BCUT2D eigenvalue weighted by Gasteiger charge is 2.30. The maximum Gasteiger partial charge on any atom is 0.411 e. The lowest BCUT2D eigenvalue weighted by Gasteiger charge is -2.26. The highest BCUT2D eigenvalue weighted by molar-refractivity contribution is 5.96. The number of nitrogen functional groups attached to an aromatic ring is 1. The van der Waals surface area contributed by atoms with Crippen molar-refractivity contribution in [3.8, 4) is 0 Å². The molecule has 0 aromatic carbocycles. The largest absolute Gasteiger partial charge is 0.411 e. The van der Waals surface area contributed by atoms with Gasteiger partial charge in [-0.1, -0.05) is 27.7 Å². The quantitative estimate of drug-likeness (QED) is 0.691. The highest BCUT2D eigenvalue weighted by Crippen LogP contribution is 2.20. The summed E-state index contributed by atoms with van der Waals surface area (Å²) in [7, 11) is 0. The molecule has 0 unspecified atom stereocenters. The average molecular weight is 394 g/mol. The number of hydrogen-bond acceptors (Lipinski definition) is 5. The van der Waals surface area contributed by atoms with Crippen LogP contribution in [0.25, 0.3) is 0 Å². The number of H-pyrrole nitrogens is 1. The smallest absolute Gasteiger partial charge is 0.383 e. The molecule has 1 rings (SSSR count). The number of carbonyl (C=O) groups excluding carboxylic acids is 1. The molecule has 1 heterocycles. The van der Waals surface area contributed by atoms with Crippen LogP contribution in [0.2, 0.25) is 0 Å². The lowest BCUT2D eigenvalue weighted by Crippen LogP contribution is -2.44. The lowest BCUT2D eigenvalue weighted by molar-refractivity contribution is -0.175. The van der Waals surface area contributed by atoms with Crippen molar-refractivity contribution in [1.29, 1.82) is 0 Å². The topological polar surface area (TPSA) is 110 Å². The number of carbonyl (C=O) groups is 1. The molecule has 0 aliphatic carbocycles. The van der Waals surface area contributed by atoms with Gasteiger partial charge in [0.2, 0.25) is 0 Å². The van der Waals surface area contributed by atoms with E-state index in [4.69, 9.17) is 5.73 Å². The first-order valence-electron chi connectivity index (χ1n) is 8.41. The molecule has 0 saturated heterocycles. The Bertz CT molecular complexity index is 768. The van der Waals surface area contributed by atoms with Gasteiger partial charge in [-0.3, -0.25) is 19.1 Å². The molecular weight excluding hydrogens is 369 g/mol. The fraction of sp³-hybridized carbons (Fsp3) is 0.688. The van der Waals surface area contributed by atoms with E-state index in [0.717, 1.165) is 9.47 Å². The number of alkyl halides is 3. The van der Waals surface area contributed by atoms with Gasteiger partial charge >= 0.3 is 11.9 Å². The van der Waals surface area contributed by atoms with E-state index >= 15 is 0 Å². The molecule has 0 aliphatic rings. The van der Waals surface area contributed by atoms with Crippen LogP contribution in [0.4, 0.5) is 24.7 Å². The van der Waals surface area contributed by atoms with Crippen molar-refractivity contribution < 1.29 is 22.7 Å². The second kappa shape index (κ2) is 9.07. The first-order chi connectivity index (χ1) is 12.3. The number of rotatable bonds is 8. The van der Waals surface area contributed by atoms with Gasteiger partial charge in [-0.05, 0) is 11.8 Å². The van der Waals surface area contributed by atoms with Crippen molar-refractivity contribution in [2.24, 2.45) is 11.8 Å². The Labute approximate surface area is 154 Å². The summed E-state index contributed by atoms with van der Waals surface area (Å²) in [5.74, 6) is -1.18. The second-order valence-electron chi connectivity index (χ2n) is 7.00. The number of aromatic nitrogens is 2. The first-order valence-corrected chi connectivity index (χ1v) is 8.41. The molecule has 1 amide bonds. The van der Waals surface area contributed by atoms with Gasteiger partial charge in [-0.25, -0.2) is 4.79 Å². The predicted molar refractivity (Wildman–Crippen MR) is 94.6 cm³/mol. The third kappa shape index (κ3) is 6.74. The fourth-order valence-corrected chi connectivity index (χ4v) is 2.40. The van der Waals surface area contributed by atoms with Crippen LogP contribution < -0.4 is 21.9 Å². The number of ether oxygens (including phenoxy) is 1. The van der Waals surface area contributed by atoms with Crippen LogP contribution >= 0.6 is 0 Å². The maximum atomic E-state index is 12.4. The van der Waals surface area contributed by atoms with Crippen LogP contribution in [-0.2, 0) is 16.1 Å². The van der Waals surface area contributed by atoms with Crippen molar-refractivity contribution in [3.63, 3.8) is 0 Å². The predicted octanol–water partition coefficient (Wildman–Crippen LogP) is 1.34. The van der Waals surface area contributed by atoms with Crippen molar-refractivity contribution in [2.45, 2.75) is 40.4 Å². The molecule has 11 heteroatoms. The second-order valence-corrected chi connectivity index (χ2v) is 7.00. The highest BCUT2D eigenvalue weighted by atomic mass is 19.4. The lowest BCUT2D eigenvalue weighted by atomic mass is 10.2. The van der Waals surface area contributed by atoms with E-state index < -0.39 is 36.5 Å². The fourth-order valence-electron chi connectivity index (χ4n) is 2.40. The summed E-state index contributed by atoms with van der Waals surface area (Å²) in [6.07, 6.45) is -4.58. The van der Waals surface area contributed by atoms with Gasteiger partial charge in [0.1, 0.15) is 19.0 Å². The summed E-state index contributed by atoms with van der Waals surface area (Å²) in [6.45, 7) is 4.92. The Morgan fingerprint density at radius 3 is 2.30 bits per heavy atom. The van der Waals surface area contributed by atoms with Crippen LogP contribution in [0.3, 0.4) is 0 Å². The van der Waals surface area contributed by atoms with Gasteiger partial charge in [-0.2, -0.15) is 13.2 Å². The monoisotopic (exact) mass is 394 g/mol. The van der Waals surface area contributed by atoms with Crippen molar-refractivity contribution in [2.75, 3.05) is 30.4 Å². The SMILES string of the molecule is CC(C)CN(C(=O)COCC(F)(F)F)c1c(N)n(CC(C)C)c(=O)[nH]c1=O. The number of nitrogens with one attached hydrogen (secondary N) is 1. The number of aromatic amines is 1. The average Bonchev–Trinajstić information content (AvgIpc) is 2.48. The van der Waals surface area contributed by atoms with E-state index in [-0.39, 0.29) is 36.4 Å². The Morgan fingerprint density at radius 1 is 1.22 bits per heavy atom. The number of hydrogen-bond donors (Lipinski definition) is 2. The molecule has 0 aliphatic heterocycles. The number of nitrogens with two attached hydrogens (primary N) is 1. The van der Waals surface area contributed by atoms with Crippen LogP contribution in [0.1, 0.15) is 27.7 Å². The van der Waals surface area contributed by atoms with Gasteiger partial charge in [0, 0.05) is 13.1 Å². The number of amides is 1. The number of halogens is 3. The zero-order chi connectivity index (χ0) is 20.9. The van der Waals surface area contributed by atoms with Crippen LogP contribution in [0, 0.1) is 11.8 Å². The number of nitrogens with zero attached hydrogens (tertiary/aromatic N) is 2. The van der Waals surface area contributed by atoms with Crippen LogP contribution in [0.15, 0.2) is 9.59 Å². The number of anilines is 2. The Hall–Kier alpha value is -2.30. The summed E-state index contributed by atoms with van der Waals surface area (Å²) < 4.78 is 42.2. The Kier molecular flexibility index (Phi) is 7.64. The van der Waals surface area contributed by atoms with Crippen molar-refractivity contribution in [1.82, 2.24) is 9.55 Å². The van der Waals surface area contributed by atoms with E-state index in [1.54, 1.807) is 13.8 Å². The molecule has 154 valence electrons. The summed E-state index contributed by atoms with van der Waals surface area (Å²) >= 11 is 0. The standard InChI is InChI=1S/C16H25F3N4O4/c1-9(2)5-22(11(24)7-27-8-16(17,18)19)12-13(20)23(6-10(3)4)15(26)21-14(12)25/h9-10H,5-8,20H2,1-4H3,(H,21,25,26). The molecule has 0 bridgehead atoms.